The highest BCUT2D eigenvalue weighted by molar-refractivity contribution is 5.31. The lowest BCUT2D eigenvalue weighted by atomic mass is 9.87. The van der Waals surface area contributed by atoms with E-state index in [1.54, 1.807) is 0 Å². The van der Waals surface area contributed by atoms with E-state index in [0.29, 0.717) is 0 Å². The Bertz CT molecular complexity index is 430. The summed E-state index contributed by atoms with van der Waals surface area (Å²) < 4.78 is 5.86. The van der Waals surface area contributed by atoms with Crippen molar-refractivity contribution >= 4 is 0 Å². The molecule has 3 N–H and O–H groups in total. The van der Waals surface area contributed by atoms with Gasteiger partial charge in [0, 0.05) is 0 Å². The molecule has 1 saturated heterocycles. The quantitative estimate of drug-likeness (QED) is 0.697. The summed E-state index contributed by atoms with van der Waals surface area (Å²) in [6.07, 6.45) is 5.18. The fourth-order valence-electron chi connectivity index (χ4n) is 3.20. The molecule has 2 rings (SSSR count). The highest BCUT2D eigenvalue weighted by Crippen LogP contribution is 2.24. The van der Waals surface area contributed by atoms with Crippen molar-refractivity contribution in [2.24, 2.45) is 0 Å². The van der Waals surface area contributed by atoms with E-state index in [1.807, 2.05) is 4.90 Å². The molecule has 3 heteroatoms. The summed E-state index contributed by atoms with van der Waals surface area (Å²) in [5.41, 5.74) is 1.58. The van der Waals surface area contributed by atoms with Crippen molar-refractivity contribution in [2.45, 2.75) is 51.9 Å². The van der Waals surface area contributed by atoms with E-state index in [-0.39, 0.29) is 5.41 Å². The second-order valence-corrected chi connectivity index (χ2v) is 7.90. The van der Waals surface area contributed by atoms with Crippen LogP contribution in [0.5, 0.6) is 5.75 Å². The number of rotatable bonds is 8. The summed E-state index contributed by atoms with van der Waals surface area (Å²) in [6, 6.07) is 8.59. The van der Waals surface area contributed by atoms with Crippen LogP contribution in [0.2, 0.25) is 0 Å². The van der Waals surface area contributed by atoms with Crippen LogP contribution in [0.4, 0.5) is 0 Å². The zero-order chi connectivity index (χ0) is 16.5. The Morgan fingerprint density at radius 1 is 0.957 bits per heavy atom. The predicted molar refractivity (Wildman–Crippen MR) is 96.3 cm³/mol. The fourth-order valence-corrected chi connectivity index (χ4v) is 3.20. The van der Waals surface area contributed by atoms with Crippen molar-refractivity contribution in [2.75, 3.05) is 39.3 Å². The minimum atomic E-state index is 0.215. The molecule has 0 saturated carbocycles. The average Bonchev–Trinajstić information content (AvgIpc) is 2.54. The molecule has 1 aliphatic heterocycles. The van der Waals surface area contributed by atoms with Gasteiger partial charge in [-0.05, 0) is 48.8 Å². The van der Waals surface area contributed by atoms with E-state index in [2.05, 4.69) is 50.4 Å². The normalized spacial score (nSPS) is 16.5. The summed E-state index contributed by atoms with van der Waals surface area (Å²) in [6.45, 7) is 14.3. The molecule has 0 bridgehead atoms. The number of hydrogen-bond acceptors (Lipinski definition) is 1. The van der Waals surface area contributed by atoms with Crippen LogP contribution in [0.1, 0.15) is 52.0 Å². The van der Waals surface area contributed by atoms with Gasteiger partial charge in [0.15, 0.2) is 0 Å². The Balaban J connectivity index is 1.51. The molecule has 0 unspecified atom stereocenters. The molecule has 1 aliphatic rings. The second kappa shape index (κ2) is 9.29. The van der Waals surface area contributed by atoms with E-state index in [9.17, 15) is 0 Å². The number of unbranched alkanes of at least 4 members (excludes halogenated alkanes) is 3. The van der Waals surface area contributed by atoms with Crippen molar-refractivity contribution < 1.29 is 15.0 Å². The molecule has 0 aromatic heterocycles. The van der Waals surface area contributed by atoms with Crippen LogP contribution in [-0.4, -0.2) is 39.3 Å². The zero-order valence-corrected chi connectivity index (χ0v) is 15.4. The minimum absolute atomic E-state index is 0.215. The topological polar surface area (TPSA) is 30.3 Å². The molecule has 0 radical (unpaired) electrons. The van der Waals surface area contributed by atoms with E-state index < -0.39 is 0 Å². The highest BCUT2D eigenvalue weighted by Gasteiger charge is 2.14. The Morgan fingerprint density at radius 2 is 1.61 bits per heavy atom. The monoisotopic (exact) mass is 320 g/mol. The lowest BCUT2D eigenvalue weighted by Crippen LogP contribution is -3.20. The van der Waals surface area contributed by atoms with Gasteiger partial charge in [0.25, 0.3) is 0 Å². The Hall–Kier alpha value is -1.06. The van der Waals surface area contributed by atoms with Crippen LogP contribution in [0, 0.1) is 0 Å². The first-order valence-corrected chi connectivity index (χ1v) is 9.44. The molecular weight excluding hydrogens is 284 g/mol. The number of nitrogens with one attached hydrogen (secondary N) is 1. The maximum atomic E-state index is 5.86. The van der Waals surface area contributed by atoms with Crippen LogP contribution in [0.15, 0.2) is 24.3 Å². The average molecular weight is 321 g/mol. The number of hydrogen-bond donors (Lipinski definition) is 2. The van der Waals surface area contributed by atoms with Crippen molar-refractivity contribution in [1.29, 1.82) is 0 Å². The SMILES string of the molecule is CC(C)(C)c1ccc(OCCCCCC[NH+]2CC[NH2+]CC2)cc1. The maximum absolute atomic E-state index is 5.86. The number of benzene rings is 1. The van der Waals surface area contributed by atoms with Crippen molar-refractivity contribution in [3.63, 3.8) is 0 Å². The minimum Gasteiger partial charge on any atom is -0.494 e. The van der Waals surface area contributed by atoms with Crippen LogP contribution in [0.25, 0.3) is 0 Å². The van der Waals surface area contributed by atoms with Crippen LogP contribution in [-0.2, 0) is 5.41 Å². The van der Waals surface area contributed by atoms with Gasteiger partial charge in [0.2, 0.25) is 0 Å². The van der Waals surface area contributed by atoms with Crippen LogP contribution in [0.3, 0.4) is 0 Å². The van der Waals surface area contributed by atoms with Crippen molar-refractivity contribution in [3.8, 4) is 5.75 Å². The summed E-state index contributed by atoms with van der Waals surface area (Å²) in [5.74, 6) is 1.01. The highest BCUT2D eigenvalue weighted by atomic mass is 16.5. The molecular formula is C20H36N2O+2. The molecule has 23 heavy (non-hydrogen) atoms. The first-order chi connectivity index (χ1) is 11.1. The van der Waals surface area contributed by atoms with Gasteiger partial charge in [-0.25, -0.2) is 0 Å². The van der Waals surface area contributed by atoms with E-state index >= 15 is 0 Å². The van der Waals surface area contributed by atoms with Gasteiger partial charge in [0.1, 0.15) is 31.9 Å². The maximum Gasteiger partial charge on any atom is 0.127 e. The van der Waals surface area contributed by atoms with Crippen molar-refractivity contribution in [1.82, 2.24) is 0 Å². The third-order valence-corrected chi connectivity index (χ3v) is 4.82. The van der Waals surface area contributed by atoms with Gasteiger partial charge in [0.05, 0.1) is 13.2 Å². The number of quaternary nitrogens is 2. The second-order valence-electron chi connectivity index (χ2n) is 7.90. The summed E-state index contributed by atoms with van der Waals surface area (Å²) in [7, 11) is 0. The summed E-state index contributed by atoms with van der Waals surface area (Å²) >= 11 is 0. The van der Waals surface area contributed by atoms with Gasteiger partial charge in [-0.15, -0.1) is 0 Å². The van der Waals surface area contributed by atoms with E-state index in [4.69, 9.17) is 4.74 Å². The number of piperazine rings is 1. The molecule has 130 valence electrons. The molecule has 1 fully saturated rings. The standard InChI is InChI=1S/C20H34N2O/c1-20(2,3)18-8-10-19(11-9-18)23-17-7-5-4-6-14-22-15-12-21-13-16-22/h8-11,21H,4-7,12-17H2,1-3H3/p+2. The Kier molecular flexibility index (Phi) is 7.38. The van der Waals surface area contributed by atoms with Gasteiger partial charge in [-0.1, -0.05) is 32.9 Å². The smallest absolute Gasteiger partial charge is 0.127 e. The fraction of sp³-hybridized carbons (Fsp3) is 0.700. The van der Waals surface area contributed by atoms with Gasteiger partial charge in [-0.3, -0.25) is 0 Å². The zero-order valence-electron chi connectivity index (χ0n) is 15.4. The third-order valence-electron chi connectivity index (χ3n) is 4.82. The molecule has 0 amide bonds. The molecule has 0 aliphatic carbocycles. The lowest BCUT2D eigenvalue weighted by molar-refractivity contribution is -0.946. The van der Waals surface area contributed by atoms with Gasteiger partial charge < -0.3 is 15.0 Å². The molecule has 3 nitrogen and oxygen atoms in total. The molecule has 0 spiro atoms. The molecule has 1 heterocycles. The third kappa shape index (κ3) is 6.92. The van der Waals surface area contributed by atoms with Crippen molar-refractivity contribution in [3.05, 3.63) is 29.8 Å². The van der Waals surface area contributed by atoms with E-state index in [0.717, 1.165) is 12.4 Å². The van der Waals surface area contributed by atoms with Gasteiger partial charge in [-0.2, -0.15) is 0 Å². The van der Waals surface area contributed by atoms with Crippen LogP contribution >= 0.6 is 0 Å². The van der Waals surface area contributed by atoms with Gasteiger partial charge >= 0.3 is 0 Å². The first-order valence-electron chi connectivity index (χ1n) is 9.44. The summed E-state index contributed by atoms with van der Waals surface area (Å²) in [5, 5.41) is 2.44. The molecule has 1 aromatic rings. The molecule has 0 atom stereocenters. The lowest BCUT2D eigenvalue weighted by Gasteiger charge is -2.21. The molecule has 1 aromatic carbocycles. The first kappa shape index (κ1) is 18.3. The predicted octanol–water partition coefficient (Wildman–Crippen LogP) is 1.39. The van der Waals surface area contributed by atoms with E-state index in [1.165, 1.54) is 64.0 Å². The Labute approximate surface area is 142 Å². The number of ether oxygens (including phenoxy) is 1. The summed E-state index contributed by atoms with van der Waals surface area (Å²) in [4.78, 5) is 1.81. The Morgan fingerprint density at radius 3 is 2.26 bits per heavy atom. The number of nitrogens with two attached hydrogens (primary N) is 1. The van der Waals surface area contributed by atoms with Crippen LogP contribution < -0.4 is 15.0 Å². The largest absolute Gasteiger partial charge is 0.494 e.